The van der Waals surface area contributed by atoms with Gasteiger partial charge in [-0.05, 0) is 19.9 Å². The molecule has 20 heavy (non-hydrogen) atoms. The summed E-state index contributed by atoms with van der Waals surface area (Å²) >= 11 is 0. The Morgan fingerprint density at radius 1 is 1.50 bits per heavy atom. The Kier molecular flexibility index (Phi) is 3.51. The summed E-state index contributed by atoms with van der Waals surface area (Å²) in [6.45, 7) is 4.28. The van der Waals surface area contributed by atoms with Gasteiger partial charge in [0.15, 0.2) is 0 Å². The van der Waals surface area contributed by atoms with Crippen LogP contribution in [-0.2, 0) is 6.54 Å². The number of H-pyrrole nitrogens is 2. The summed E-state index contributed by atoms with van der Waals surface area (Å²) in [5.74, 6) is 1.04. The molecule has 2 aromatic heterocycles. The molecule has 0 saturated carbocycles. The monoisotopic (exact) mass is 274 g/mol. The highest BCUT2D eigenvalue weighted by molar-refractivity contribution is 5.92. The highest BCUT2D eigenvalue weighted by atomic mass is 16.1. The Bertz CT molecular complexity index is 596. The van der Waals surface area contributed by atoms with Crippen molar-refractivity contribution in [1.82, 2.24) is 30.8 Å². The van der Waals surface area contributed by atoms with Crippen LogP contribution in [0.15, 0.2) is 12.4 Å². The third-order valence-electron chi connectivity index (χ3n) is 3.61. The summed E-state index contributed by atoms with van der Waals surface area (Å²) in [5, 5.41) is 13.4. The van der Waals surface area contributed by atoms with Crippen LogP contribution in [0, 0.1) is 6.92 Å². The maximum atomic E-state index is 12.0. The summed E-state index contributed by atoms with van der Waals surface area (Å²) in [4.78, 5) is 18.9. The zero-order chi connectivity index (χ0) is 13.9. The molecule has 1 unspecified atom stereocenters. The molecule has 1 aliphatic rings. The summed E-state index contributed by atoms with van der Waals surface area (Å²) in [6.07, 6.45) is 4.43. The summed E-state index contributed by atoms with van der Waals surface area (Å²) in [5.41, 5.74) is 2.65. The number of aromatic amines is 2. The highest BCUT2D eigenvalue weighted by Crippen LogP contribution is 2.23. The molecule has 1 saturated heterocycles. The molecule has 0 spiro atoms. The minimum atomic E-state index is -0.151. The standard InChI is InChI=1S/C13H18N6O/c1-8-15-7-11(18-8)13(20)16-5-10-6-17-19-12(10)9-2-3-14-4-9/h6-7,9,14H,2-5H2,1H3,(H,15,18)(H,16,20)(H,17,19). The molecule has 106 valence electrons. The number of amides is 1. The lowest BCUT2D eigenvalue weighted by Crippen LogP contribution is -2.24. The summed E-state index contributed by atoms with van der Waals surface area (Å²) in [7, 11) is 0. The van der Waals surface area contributed by atoms with Crippen molar-refractivity contribution in [3.8, 4) is 0 Å². The topological polar surface area (TPSA) is 98.5 Å². The second-order valence-electron chi connectivity index (χ2n) is 5.06. The molecule has 0 aliphatic carbocycles. The van der Waals surface area contributed by atoms with E-state index in [-0.39, 0.29) is 5.91 Å². The van der Waals surface area contributed by atoms with Crippen LogP contribution >= 0.6 is 0 Å². The molecule has 1 fully saturated rings. The molecule has 0 radical (unpaired) electrons. The third-order valence-corrected chi connectivity index (χ3v) is 3.61. The van der Waals surface area contributed by atoms with E-state index in [9.17, 15) is 4.79 Å². The van der Waals surface area contributed by atoms with Gasteiger partial charge in [0.25, 0.3) is 5.91 Å². The SMILES string of the molecule is Cc1ncc(C(=O)NCc2cn[nH]c2C2CCNC2)[nH]1. The second kappa shape index (κ2) is 5.46. The predicted molar refractivity (Wildman–Crippen MR) is 73.3 cm³/mol. The van der Waals surface area contributed by atoms with Crippen LogP contribution in [-0.4, -0.2) is 39.2 Å². The fourth-order valence-electron chi connectivity index (χ4n) is 2.52. The summed E-state index contributed by atoms with van der Waals surface area (Å²) in [6, 6.07) is 0. The fourth-order valence-corrected chi connectivity index (χ4v) is 2.52. The molecule has 0 aromatic carbocycles. The predicted octanol–water partition coefficient (Wildman–Crippen LogP) is 0.448. The Labute approximate surface area is 116 Å². The first kappa shape index (κ1) is 12.9. The van der Waals surface area contributed by atoms with Gasteiger partial charge in [-0.3, -0.25) is 9.89 Å². The van der Waals surface area contributed by atoms with Crippen molar-refractivity contribution in [2.45, 2.75) is 25.8 Å². The van der Waals surface area contributed by atoms with Crippen LogP contribution in [0.4, 0.5) is 0 Å². The van der Waals surface area contributed by atoms with Crippen molar-refractivity contribution >= 4 is 5.91 Å². The van der Waals surface area contributed by atoms with E-state index >= 15 is 0 Å². The van der Waals surface area contributed by atoms with E-state index in [1.807, 2.05) is 6.92 Å². The first-order valence-electron chi connectivity index (χ1n) is 6.76. The van der Waals surface area contributed by atoms with Gasteiger partial charge in [-0.15, -0.1) is 0 Å². The summed E-state index contributed by atoms with van der Waals surface area (Å²) < 4.78 is 0. The van der Waals surface area contributed by atoms with E-state index in [4.69, 9.17) is 0 Å². The second-order valence-corrected chi connectivity index (χ2v) is 5.06. The first-order chi connectivity index (χ1) is 9.74. The number of rotatable bonds is 4. The van der Waals surface area contributed by atoms with E-state index in [2.05, 4.69) is 30.8 Å². The molecule has 3 heterocycles. The fraction of sp³-hybridized carbons (Fsp3) is 0.462. The lowest BCUT2D eigenvalue weighted by atomic mass is 10.0. The maximum Gasteiger partial charge on any atom is 0.269 e. The number of hydrogen-bond donors (Lipinski definition) is 4. The van der Waals surface area contributed by atoms with Crippen LogP contribution in [0.5, 0.6) is 0 Å². The lowest BCUT2D eigenvalue weighted by Gasteiger charge is -2.09. The molecule has 1 aliphatic heterocycles. The molecule has 1 amide bonds. The molecule has 3 rings (SSSR count). The largest absolute Gasteiger partial charge is 0.347 e. The number of carbonyl (C=O) groups excluding carboxylic acids is 1. The quantitative estimate of drug-likeness (QED) is 0.650. The van der Waals surface area contributed by atoms with Crippen LogP contribution in [0.1, 0.15) is 39.9 Å². The van der Waals surface area contributed by atoms with Gasteiger partial charge in [0.1, 0.15) is 11.5 Å². The number of nitrogens with zero attached hydrogens (tertiary/aromatic N) is 2. The van der Waals surface area contributed by atoms with Gasteiger partial charge in [0.2, 0.25) is 0 Å². The van der Waals surface area contributed by atoms with Crippen molar-refractivity contribution in [2.75, 3.05) is 13.1 Å². The molecule has 0 bridgehead atoms. The van der Waals surface area contributed by atoms with Crippen LogP contribution in [0.25, 0.3) is 0 Å². The van der Waals surface area contributed by atoms with E-state index in [0.717, 1.165) is 36.6 Å². The molecule has 7 heteroatoms. The number of aromatic nitrogens is 4. The van der Waals surface area contributed by atoms with Gasteiger partial charge < -0.3 is 15.6 Å². The van der Waals surface area contributed by atoms with E-state index in [1.54, 1.807) is 12.4 Å². The Morgan fingerprint density at radius 3 is 3.10 bits per heavy atom. The van der Waals surface area contributed by atoms with Crippen molar-refractivity contribution in [1.29, 1.82) is 0 Å². The minimum absolute atomic E-state index is 0.151. The molecular formula is C13H18N6O. The lowest BCUT2D eigenvalue weighted by molar-refractivity contribution is 0.0946. The average Bonchev–Trinajstić information content (AvgIpc) is 3.16. The van der Waals surface area contributed by atoms with E-state index < -0.39 is 0 Å². The number of carbonyl (C=O) groups is 1. The van der Waals surface area contributed by atoms with E-state index in [0.29, 0.717) is 18.2 Å². The average molecular weight is 274 g/mol. The maximum absolute atomic E-state index is 12.0. The van der Waals surface area contributed by atoms with Gasteiger partial charge in [-0.1, -0.05) is 0 Å². The minimum Gasteiger partial charge on any atom is -0.347 e. The van der Waals surface area contributed by atoms with Crippen molar-refractivity contribution in [3.63, 3.8) is 0 Å². The Balaban J connectivity index is 1.64. The van der Waals surface area contributed by atoms with E-state index in [1.165, 1.54) is 0 Å². The molecule has 2 aromatic rings. The van der Waals surface area contributed by atoms with Crippen LogP contribution in [0.3, 0.4) is 0 Å². The number of nitrogens with one attached hydrogen (secondary N) is 4. The van der Waals surface area contributed by atoms with Gasteiger partial charge in [-0.25, -0.2) is 4.98 Å². The number of aryl methyl sites for hydroxylation is 1. The molecular weight excluding hydrogens is 256 g/mol. The Morgan fingerprint density at radius 2 is 2.40 bits per heavy atom. The normalized spacial score (nSPS) is 18.4. The van der Waals surface area contributed by atoms with Crippen molar-refractivity contribution in [3.05, 3.63) is 35.2 Å². The highest BCUT2D eigenvalue weighted by Gasteiger charge is 2.21. The van der Waals surface area contributed by atoms with Gasteiger partial charge in [-0.2, -0.15) is 5.10 Å². The van der Waals surface area contributed by atoms with Gasteiger partial charge >= 0.3 is 0 Å². The third kappa shape index (κ3) is 2.57. The molecule has 4 N–H and O–H groups in total. The van der Waals surface area contributed by atoms with Gasteiger partial charge in [0, 0.05) is 30.3 Å². The smallest absolute Gasteiger partial charge is 0.269 e. The molecule has 1 atom stereocenters. The zero-order valence-corrected chi connectivity index (χ0v) is 11.4. The number of imidazole rings is 1. The van der Waals surface area contributed by atoms with Crippen molar-refractivity contribution < 1.29 is 4.79 Å². The van der Waals surface area contributed by atoms with Crippen LogP contribution in [0.2, 0.25) is 0 Å². The molecule has 7 nitrogen and oxygen atoms in total. The zero-order valence-electron chi connectivity index (χ0n) is 11.4. The number of hydrogen-bond acceptors (Lipinski definition) is 4. The first-order valence-corrected chi connectivity index (χ1v) is 6.76. The van der Waals surface area contributed by atoms with Crippen LogP contribution < -0.4 is 10.6 Å². The van der Waals surface area contributed by atoms with Gasteiger partial charge in [0.05, 0.1) is 12.4 Å². The Hall–Kier alpha value is -2.15. The van der Waals surface area contributed by atoms with Crippen molar-refractivity contribution in [2.24, 2.45) is 0 Å².